The molecule has 0 spiro atoms. The van der Waals surface area contributed by atoms with Crippen molar-refractivity contribution in [2.75, 3.05) is 13.1 Å². The van der Waals surface area contributed by atoms with E-state index in [0.29, 0.717) is 36.1 Å². The van der Waals surface area contributed by atoms with Gasteiger partial charge in [0.1, 0.15) is 0 Å². The van der Waals surface area contributed by atoms with Gasteiger partial charge in [-0.3, -0.25) is 24.1 Å². The molecule has 4 atom stereocenters. The van der Waals surface area contributed by atoms with E-state index in [1.807, 2.05) is 12.2 Å². The van der Waals surface area contributed by atoms with Gasteiger partial charge in [0.15, 0.2) is 0 Å². The van der Waals surface area contributed by atoms with Crippen LogP contribution in [-0.4, -0.2) is 46.8 Å². The van der Waals surface area contributed by atoms with Gasteiger partial charge < -0.3 is 10.4 Å². The van der Waals surface area contributed by atoms with Crippen LogP contribution >= 0.6 is 0 Å². The number of aliphatic carboxylic acids is 1. The van der Waals surface area contributed by atoms with Gasteiger partial charge in [0.05, 0.1) is 23.0 Å². The maximum atomic E-state index is 12.2. The highest BCUT2D eigenvalue weighted by Crippen LogP contribution is 2.48. The van der Waals surface area contributed by atoms with Crippen LogP contribution in [0.2, 0.25) is 0 Å². The number of nitrogens with one attached hydrogen (secondary N) is 1. The van der Waals surface area contributed by atoms with Crippen molar-refractivity contribution in [3.8, 4) is 0 Å². The summed E-state index contributed by atoms with van der Waals surface area (Å²) >= 11 is 0. The highest BCUT2D eigenvalue weighted by Gasteiger charge is 2.51. The number of imide groups is 1. The maximum Gasteiger partial charge on any atom is 0.307 e. The Morgan fingerprint density at radius 1 is 0.917 bits per heavy atom. The number of carboxylic acids is 1. The lowest BCUT2D eigenvalue weighted by molar-refractivity contribution is -0.147. The first kappa shape index (κ1) is 27.6. The molecule has 0 radical (unpaired) electrons. The third-order valence-electron chi connectivity index (χ3n) is 7.35. The second kappa shape index (κ2) is 12.3. The van der Waals surface area contributed by atoms with Gasteiger partial charge in [-0.15, -0.1) is 0 Å². The van der Waals surface area contributed by atoms with Crippen molar-refractivity contribution >= 4 is 23.7 Å². The lowest BCUT2D eigenvalue weighted by Gasteiger charge is -2.23. The van der Waals surface area contributed by atoms with Crippen LogP contribution in [0.1, 0.15) is 80.5 Å². The van der Waals surface area contributed by atoms with E-state index in [9.17, 15) is 24.3 Å². The average molecular weight is 497 g/mol. The first-order valence-electron chi connectivity index (χ1n) is 13.3. The molecule has 0 aromatic heterocycles. The number of hydrogen-bond donors (Lipinski definition) is 2. The second-order valence-corrected chi connectivity index (χ2v) is 11.0. The monoisotopic (exact) mass is 496 g/mol. The zero-order valence-corrected chi connectivity index (χ0v) is 21.9. The smallest absolute Gasteiger partial charge is 0.307 e. The van der Waals surface area contributed by atoms with Crippen molar-refractivity contribution in [1.29, 1.82) is 0 Å². The van der Waals surface area contributed by atoms with Crippen molar-refractivity contribution in [2.45, 2.75) is 59.8 Å². The minimum absolute atomic E-state index is 0.0499. The van der Waals surface area contributed by atoms with Crippen molar-refractivity contribution < 1.29 is 24.3 Å². The van der Waals surface area contributed by atoms with E-state index in [1.165, 1.54) is 4.90 Å². The molecule has 36 heavy (non-hydrogen) atoms. The standard InChI is InChI=1S/C15H23NO3.C14H17NO2/c1-9(2)4-3-7-16-14(17)12-10-5-6-11(8-10)13(12)15(18)19;1-10(2)6-5-9-15-13(16)11-7-3-4-8-12(11)14(15)17/h5-6,9-13H,3-4,7-8H2,1-2H3,(H,16,17)(H,18,19);3-4,7-8,10H,5-6,9H2,1-2H3. The van der Waals surface area contributed by atoms with E-state index >= 15 is 0 Å². The van der Waals surface area contributed by atoms with Gasteiger partial charge in [-0.25, -0.2) is 0 Å². The molecule has 2 N–H and O–H groups in total. The molecule has 3 aliphatic rings. The summed E-state index contributed by atoms with van der Waals surface area (Å²) in [5, 5.41) is 12.2. The number of hydrogen-bond acceptors (Lipinski definition) is 4. The first-order chi connectivity index (χ1) is 17.1. The molecule has 1 fully saturated rings. The number of rotatable bonds is 10. The molecule has 1 aromatic rings. The molecule has 2 aliphatic carbocycles. The van der Waals surface area contributed by atoms with Crippen molar-refractivity contribution in [2.24, 2.45) is 35.5 Å². The van der Waals surface area contributed by atoms with E-state index in [1.54, 1.807) is 24.3 Å². The van der Waals surface area contributed by atoms with Crippen LogP contribution in [0.15, 0.2) is 36.4 Å². The quantitative estimate of drug-likeness (QED) is 0.276. The Hall–Kier alpha value is -2.96. The van der Waals surface area contributed by atoms with Crippen LogP contribution in [0.4, 0.5) is 0 Å². The number of carbonyl (C=O) groups is 4. The van der Waals surface area contributed by atoms with Crippen LogP contribution < -0.4 is 5.32 Å². The second-order valence-electron chi connectivity index (χ2n) is 11.0. The van der Waals surface area contributed by atoms with E-state index in [2.05, 4.69) is 33.0 Å². The molecule has 1 aromatic carbocycles. The number of benzene rings is 1. The molecule has 1 heterocycles. The molecule has 7 nitrogen and oxygen atoms in total. The van der Waals surface area contributed by atoms with Gasteiger partial charge in [-0.05, 0) is 67.9 Å². The lowest BCUT2D eigenvalue weighted by Crippen LogP contribution is -2.40. The summed E-state index contributed by atoms with van der Waals surface area (Å²) in [7, 11) is 0. The van der Waals surface area contributed by atoms with Gasteiger partial charge in [0, 0.05) is 13.1 Å². The summed E-state index contributed by atoms with van der Waals surface area (Å²) in [5.74, 6) is -0.688. The highest BCUT2D eigenvalue weighted by molar-refractivity contribution is 6.21. The summed E-state index contributed by atoms with van der Waals surface area (Å²) < 4.78 is 0. The minimum Gasteiger partial charge on any atom is -0.481 e. The molecule has 2 bridgehead atoms. The zero-order chi connectivity index (χ0) is 26.4. The molecule has 7 heteroatoms. The summed E-state index contributed by atoms with van der Waals surface area (Å²) in [5.41, 5.74) is 1.09. The van der Waals surface area contributed by atoms with Gasteiger partial charge >= 0.3 is 5.97 Å². The number of carbonyl (C=O) groups excluding carboxylic acids is 3. The van der Waals surface area contributed by atoms with Crippen LogP contribution in [0.3, 0.4) is 0 Å². The molecular formula is C29H40N2O5. The Balaban J connectivity index is 0.000000202. The third kappa shape index (κ3) is 6.42. The molecule has 1 aliphatic heterocycles. The maximum absolute atomic E-state index is 12.2. The van der Waals surface area contributed by atoms with Gasteiger partial charge in [0.2, 0.25) is 5.91 Å². The summed E-state index contributed by atoms with van der Waals surface area (Å²) in [4.78, 5) is 48.8. The Labute approximate surface area is 214 Å². The van der Waals surface area contributed by atoms with Crippen molar-refractivity contribution in [3.05, 3.63) is 47.5 Å². The fraction of sp³-hybridized carbons (Fsp3) is 0.586. The number of carboxylic acid groups (broad SMARTS) is 1. The topological polar surface area (TPSA) is 104 Å². The van der Waals surface area contributed by atoms with Gasteiger partial charge in [0.25, 0.3) is 11.8 Å². The van der Waals surface area contributed by atoms with Crippen molar-refractivity contribution in [3.63, 3.8) is 0 Å². The zero-order valence-electron chi connectivity index (χ0n) is 21.9. The lowest BCUT2D eigenvalue weighted by atomic mass is 9.82. The minimum atomic E-state index is -0.834. The van der Waals surface area contributed by atoms with Crippen LogP contribution in [-0.2, 0) is 9.59 Å². The van der Waals surface area contributed by atoms with Crippen LogP contribution in [0, 0.1) is 35.5 Å². The summed E-state index contributed by atoms with van der Waals surface area (Å²) in [6.45, 7) is 9.78. The van der Waals surface area contributed by atoms with E-state index in [4.69, 9.17) is 0 Å². The van der Waals surface area contributed by atoms with E-state index in [0.717, 1.165) is 32.1 Å². The van der Waals surface area contributed by atoms with Crippen molar-refractivity contribution in [1.82, 2.24) is 10.2 Å². The Kier molecular flexibility index (Phi) is 9.46. The summed E-state index contributed by atoms with van der Waals surface area (Å²) in [6, 6.07) is 7.03. The molecule has 4 unspecified atom stereocenters. The Morgan fingerprint density at radius 2 is 1.44 bits per heavy atom. The molecule has 3 amide bonds. The van der Waals surface area contributed by atoms with Crippen LogP contribution in [0.5, 0.6) is 0 Å². The summed E-state index contributed by atoms with van der Waals surface area (Å²) in [6.07, 6.45) is 8.75. The SMILES string of the molecule is CC(C)CCCN1C(=O)c2ccccc2C1=O.CC(C)CCCNC(=O)C1C2C=CC(C2)C1C(=O)O. The normalized spacial score (nSPS) is 23.8. The fourth-order valence-corrected chi connectivity index (χ4v) is 5.46. The number of allylic oxidation sites excluding steroid dienone is 2. The molecule has 196 valence electrons. The Bertz CT molecular complexity index is 964. The van der Waals surface area contributed by atoms with E-state index in [-0.39, 0.29) is 35.5 Å². The van der Waals surface area contributed by atoms with Gasteiger partial charge in [-0.1, -0.05) is 52.0 Å². The number of fused-ring (bicyclic) bond motifs is 3. The molecule has 0 saturated heterocycles. The number of nitrogens with zero attached hydrogens (tertiary/aromatic N) is 1. The van der Waals surface area contributed by atoms with Gasteiger partial charge in [-0.2, -0.15) is 0 Å². The highest BCUT2D eigenvalue weighted by atomic mass is 16.4. The average Bonchev–Trinajstić information content (AvgIpc) is 3.51. The number of amides is 3. The predicted octanol–water partition coefficient (Wildman–Crippen LogP) is 4.78. The van der Waals surface area contributed by atoms with E-state index < -0.39 is 11.9 Å². The predicted molar refractivity (Wildman–Crippen MR) is 138 cm³/mol. The first-order valence-corrected chi connectivity index (χ1v) is 13.3. The van der Waals surface area contributed by atoms with Crippen LogP contribution in [0.25, 0.3) is 0 Å². The Morgan fingerprint density at radius 3 is 1.97 bits per heavy atom. The molecular weight excluding hydrogens is 456 g/mol. The molecule has 4 rings (SSSR count). The largest absolute Gasteiger partial charge is 0.481 e. The fourth-order valence-electron chi connectivity index (χ4n) is 5.46. The third-order valence-corrected chi connectivity index (χ3v) is 7.35. The molecule has 1 saturated carbocycles.